The normalized spacial score (nSPS) is 22.6. The lowest BCUT2D eigenvalue weighted by molar-refractivity contribution is -0.0230. The Hall–Kier alpha value is -2.13. The number of pyridine rings is 1. The van der Waals surface area contributed by atoms with Crippen molar-refractivity contribution in [3.8, 4) is 5.19 Å². The number of hydrogen-bond donors (Lipinski definition) is 0. The molecule has 0 amide bonds. The Bertz CT molecular complexity index is 1150. The van der Waals surface area contributed by atoms with Crippen LogP contribution >= 0.6 is 11.3 Å². The first kappa shape index (κ1) is 26.5. The van der Waals surface area contributed by atoms with Gasteiger partial charge in [-0.25, -0.2) is 13.8 Å². The number of carbonyl (C=O) groups is 1. The van der Waals surface area contributed by atoms with Gasteiger partial charge in [0.05, 0.1) is 11.4 Å². The summed E-state index contributed by atoms with van der Waals surface area (Å²) in [5.41, 5.74) is 1.49. The molecule has 1 aliphatic heterocycles. The first-order valence-corrected chi connectivity index (χ1v) is 14.5. The van der Waals surface area contributed by atoms with E-state index in [0.29, 0.717) is 41.6 Å². The van der Waals surface area contributed by atoms with Crippen LogP contribution in [0.25, 0.3) is 0 Å². The second-order valence-corrected chi connectivity index (χ2v) is 12.4. The Morgan fingerprint density at radius 3 is 2.59 bits per heavy atom. The van der Waals surface area contributed by atoms with Gasteiger partial charge in [-0.1, -0.05) is 30.2 Å². The number of ketones is 1. The molecule has 202 valence electrons. The number of hydrogen-bond acceptors (Lipinski definition) is 6. The van der Waals surface area contributed by atoms with E-state index in [9.17, 15) is 18.4 Å². The minimum Gasteiger partial charge on any atom is -0.464 e. The van der Waals surface area contributed by atoms with E-state index in [4.69, 9.17) is 4.74 Å². The first-order chi connectivity index (χ1) is 17.7. The highest BCUT2D eigenvalue weighted by Gasteiger charge is 2.29. The lowest BCUT2D eigenvalue weighted by atomic mass is 9.78. The summed E-state index contributed by atoms with van der Waals surface area (Å²) in [5.74, 6) is -1.13. The smallest absolute Gasteiger partial charge is 0.278 e. The van der Waals surface area contributed by atoms with Crippen molar-refractivity contribution in [2.75, 3.05) is 19.7 Å². The lowest BCUT2D eigenvalue weighted by Crippen LogP contribution is -2.32. The third-order valence-corrected chi connectivity index (χ3v) is 9.07. The van der Waals surface area contributed by atoms with Gasteiger partial charge in [-0.2, -0.15) is 0 Å². The van der Waals surface area contributed by atoms with Gasteiger partial charge in [0, 0.05) is 43.9 Å². The van der Waals surface area contributed by atoms with Gasteiger partial charge in [0.1, 0.15) is 0 Å². The molecule has 9 heteroatoms. The van der Waals surface area contributed by atoms with Crippen LogP contribution in [0.15, 0.2) is 23.0 Å². The summed E-state index contributed by atoms with van der Waals surface area (Å²) in [7, 11) is 0. The predicted molar refractivity (Wildman–Crippen MR) is 140 cm³/mol. The maximum Gasteiger partial charge on any atom is 0.278 e. The lowest BCUT2D eigenvalue weighted by Gasteiger charge is -2.31. The molecular weight excluding hydrogens is 496 g/mol. The van der Waals surface area contributed by atoms with Gasteiger partial charge in [0.2, 0.25) is 0 Å². The minimum atomic E-state index is -2.86. The molecule has 0 radical (unpaired) electrons. The molecule has 0 unspecified atom stereocenters. The molecule has 0 saturated heterocycles. The fraction of sp³-hybridized carbons (Fsp3) is 0.679. The topological polar surface area (TPSA) is 64.4 Å². The molecule has 2 saturated carbocycles. The molecule has 2 fully saturated rings. The number of Topliss-reactive ketones (excluding diaryl/α,β-unsaturated/α-hetero) is 1. The molecular formula is C28H37F2N3O3S. The second kappa shape index (κ2) is 11.3. The zero-order chi connectivity index (χ0) is 26.0. The first-order valence-electron chi connectivity index (χ1n) is 13.7. The minimum absolute atomic E-state index is 0.0600. The van der Waals surface area contributed by atoms with E-state index < -0.39 is 12.5 Å². The van der Waals surface area contributed by atoms with Crippen molar-refractivity contribution >= 4 is 17.1 Å². The number of fused-ring (bicyclic) bond motifs is 1. The maximum absolute atomic E-state index is 13.1. The summed E-state index contributed by atoms with van der Waals surface area (Å²) in [6.07, 6.45) is 9.26. The van der Waals surface area contributed by atoms with Gasteiger partial charge in [-0.3, -0.25) is 14.5 Å². The molecule has 6 nitrogen and oxygen atoms in total. The average molecular weight is 534 g/mol. The fourth-order valence-electron chi connectivity index (χ4n) is 5.64. The molecule has 5 rings (SSSR count). The number of ether oxygens (including phenoxy) is 1. The molecule has 0 bridgehead atoms. The van der Waals surface area contributed by atoms with Crippen molar-refractivity contribution in [1.82, 2.24) is 14.5 Å². The van der Waals surface area contributed by atoms with E-state index in [1.54, 1.807) is 16.7 Å². The monoisotopic (exact) mass is 533 g/mol. The summed E-state index contributed by atoms with van der Waals surface area (Å²) in [4.78, 5) is 33.4. The number of thiazole rings is 1. The van der Waals surface area contributed by atoms with Crippen LogP contribution < -0.4 is 10.3 Å². The van der Waals surface area contributed by atoms with Crippen LogP contribution in [0.1, 0.15) is 79.3 Å². The summed E-state index contributed by atoms with van der Waals surface area (Å²) in [5, 5.41) is 0.348. The highest BCUT2D eigenvalue weighted by Crippen LogP contribution is 2.35. The van der Waals surface area contributed by atoms with Gasteiger partial charge in [0.25, 0.3) is 16.7 Å². The van der Waals surface area contributed by atoms with Crippen LogP contribution in [0.2, 0.25) is 0 Å². The van der Waals surface area contributed by atoms with Crippen molar-refractivity contribution in [2.45, 2.75) is 83.7 Å². The van der Waals surface area contributed by atoms with Crippen molar-refractivity contribution in [2.24, 2.45) is 17.8 Å². The zero-order valence-corrected chi connectivity index (χ0v) is 22.4. The van der Waals surface area contributed by atoms with E-state index in [2.05, 4.69) is 9.88 Å². The SMILES string of the molecule is CC(F)(F)COc1nc2c(s1)CCN(CCC1CCC(CC(=O)c3cccc(=O)n3CC3CC3)CC1)C2. The Labute approximate surface area is 221 Å². The molecule has 3 heterocycles. The molecule has 3 aliphatic rings. The van der Waals surface area contributed by atoms with Crippen molar-refractivity contribution in [3.63, 3.8) is 0 Å². The molecule has 0 aromatic carbocycles. The number of halogens is 2. The van der Waals surface area contributed by atoms with Crippen molar-refractivity contribution in [1.29, 1.82) is 0 Å². The van der Waals surface area contributed by atoms with E-state index in [0.717, 1.165) is 88.5 Å². The van der Waals surface area contributed by atoms with Crippen molar-refractivity contribution < 1.29 is 18.3 Å². The molecule has 2 aromatic rings. The van der Waals surface area contributed by atoms with Crippen LogP contribution in [0.4, 0.5) is 8.78 Å². The third kappa shape index (κ3) is 7.25. The summed E-state index contributed by atoms with van der Waals surface area (Å²) < 4.78 is 33.1. The van der Waals surface area contributed by atoms with Gasteiger partial charge >= 0.3 is 0 Å². The number of rotatable bonds is 11. The predicted octanol–water partition coefficient (Wildman–Crippen LogP) is 5.58. The van der Waals surface area contributed by atoms with Crippen molar-refractivity contribution in [3.05, 3.63) is 44.8 Å². The highest BCUT2D eigenvalue weighted by molar-refractivity contribution is 7.13. The number of carbonyl (C=O) groups excluding carboxylic acids is 1. The number of aromatic nitrogens is 2. The standard InChI is InChI=1S/C28H37F2N3O3S/c1-28(29,30)18-36-27-31-22-17-32(14-12-25(22)37-27)13-11-19-5-7-20(8-6-19)15-24(34)23-3-2-4-26(35)33(23)16-21-9-10-21/h2-4,19-21H,5-18H2,1H3. The van der Waals surface area contributed by atoms with Crippen LogP contribution in [0.3, 0.4) is 0 Å². The zero-order valence-electron chi connectivity index (χ0n) is 21.6. The van der Waals surface area contributed by atoms with E-state index in [1.807, 2.05) is 6.07 Å². The molecule has 0 spiro atoms. The summed E-state index contributed by atoms with van der Waals surface area (Å²) in [6, 6.07) is 5.09. The van der Waals surface area contributed by atoms with E-state index in [-0.39, 0.29) is 11.3 Å². The number of alkyl halides is 2. The molecule has 2 aromatic heterocycles. The molecule has 0 N–H and O–H groups in total. The van der Waals surface area contributed by atoms with E-state index in [1.165, 1.54) is 11.3 Å². The Morgan fingerprint density at radius 2 is 1.86 bits per heavy atom. The molecule has 2 aliphatic carbocycles. The van der Waals surface area contributed by atoms with Gasteiger partial charge in [-0.05, 0) is 68.9 Å². The van der Waals surface area contributed by atoms with E-state index >= 15 is 0 Å². The average Bonchev–Trinajstić information content (AvgIpc) is 3.59. The van der Waals surface area contributed by atoms with Crippen LogP contribution in [-0.4, -0.2) is 45.9 Å². The highest BCUT2D eigenvalue weighted by atomic mass is 32.1. The Kier molecular flexibility index (Phi) is 8.10. The Morgan fingerprint density at radius 1 is 1.14 bits per heavy atom. The molecule has 0 atom stereocenters. The van der Waals surface area contributed by atoms with Gasteiger partial charge < -0.3 is 9.30 Å². The largest absolute Gasteiger partial charge is 0.464 e. The fourth-order valence-corrected chi connectivity index (χ4v) is 6.54. The third-order valence-electron chi connectivity index (χ3n) is 8.00. The summed E-state index contributed by atoms with van der Waals surface area (Å²) >= 11 is 1.40. The maximum atomic E-state index is 13.1. The second-order valence-electron chi connectivity index (χ2n) is 11.3. The van der Waals surface area contributed by atoms with Crippen LogP contribution in [-0.2, 0) is 19.5 Å². The summed E-state index contributed by atoms with van der Waals surface area (Å²) in [6.45, 7) is 3.61. The van der Waals surface area contributed by atoms with Crippen LogP contribution in [0, 0.1) is 17.8 Å². The Balaban J connectivity index is 1.05. The van der Waals surface area contributed by atoms with Crippen LogP contribution in [0.5, 0.6) is 5.19 Å². The molecule has 37 heavy (non-hydrogen) atoms. The quantitative estimate of drug-likeness (QED) is 0.353. The number of nitrogens with zero attached hydrogens (tertiary/aromatic N) is 3. The van der Waals surface area contributed by atoms with Gasteiger partial charge in [-0.15, -0.1) is 0 Å². The van der Waals surface area contributed by atoms with Gasteiger partial charge in [0.15, 0.2) is 12.4 Å².